The SMILES string of the molecule is Cc1ncsc1-c1ccc([C@H](C)NC(=O)[C@@H]2C[C@@H](O)CN2C(=O)[C@@H](NC(=O)CCCCC(=O)N2CCC(=O)CC2)C(C)(C)C)cc1. The molecule has 4 amide bonds. The second-order valence-electron chi connectivity index (χ2n) is 13.5. The van der Waals surface area contributed by atoms with Gasteiger partial charge in [-0.15, -0.1) is 11.3 Å². The zero-order valence-electron chi connectivity index (χ0n) is 27.5. The third-order valence-electron chi connectivity index (χ3n) is 8.78. The number of aromatic nitrogens is 1. The highest BCUT2D eigenvalue weighted by Gasteiger charge is 2.44. The van der Waals surface area contributed by atoms with Crippen molar-refractivity contribution in [3.8, 4) is 10.4 Å². The Morgan fingerprint density at radius 2 is 1.70 bits per heavy atom. The molecular weight excluding hydrogens is 606 g/mol. The Bertz CT molecular complexity index is 1410. The largest absolute Gasteiger partial charge is 0.391 e. The monoisotopic (exact) mass is 653 g/mol. The number of nitrogens with zero attached hydrogens (tertiary/aromatic N) is 3. The number of aliphatic hydroxyl groups excluding tert-OH is 1. The second-order valence-corrected chi connectivity index (χ2v) is 14.4. The summed E-state index contributed by atoms with van der Waals surface area (Å²) in [7, 11) is 0. The molecule has 4 atom stereocenters. The molecule has 3 heterocycles. The van der Waals surface area contributed by atoms with Crippen LogP contribution in [0.15, 0.2) is 29.8 Å². The van der Waals surface area contributed by atoms with E-state index >= 15 is 0 Å². The van der Waals surface area contributed by atoms with Crippen molar-refractivity contribution in [3.05, 3.63) is 41.0 Å². The quantitative estimate of drug-likeness (QED) is 0.314. The maximum absolute atomic E-state index is 13.9. The van der Waals surface area contributed by atoms with Gasteiger partial charge in [0.1, 0.15) is 17.9 Å². The van der Waals surface area contributed by atoms with Crippen molar-refractivity contribution in [2.45, 2.75) is 104 Å². The molecule has 0 bridgehead atoms. The van der Waals surface area contributed by atoms with E-state index < -0.39 is 29.5 Å². The van der Waals surface area contributed by atoms with E-state index in [9.17, 15) is 29.1 Å². The number of aliphatic hydroxyl groups is 1. The number of rotatable bonds is 11. The van der Waals surface area contributed by atoms with Gasteiger partial charge in [0, 0.05) is 51.7 Å². The zero-order chi connectivity index (χ0) is 33.6. The molecule has 2 aliphatic rings. The number of β-amino-alcohol motifs (C(OH)–C–C–N with tert-alkyl or cyclic N) is 1. The van der Waals surface area contributed by atoms with Gasteiger partial charge in [0.15, 0.2) is 0 Å². The lowest BCUT2D eigenvalue weighted by Crippen LogP contribution is -2.57. The first-order chi connectivity index (χ1) is 21.7. The average Bonchev–Trinajstić information content (AvgIpc) is 3.62. The molecule has 2 aliphatic heterocycles. The average molecular weight is 654 g/mol. The van der Waals surface area contributed by atoms with Crippen LogP contribution in [-0.4, -0.2) is 87.1 Å². The molecule has 0 spiro atoms. The van der Waals surface area contributed by atoms with Gasteiger partial charge in [-0.25, -0.2) is 4.98 Å². The lowest BCUT2D eigenvalue weighted by Gasteiger charge is -2.35. The Hall–Kier alpha value is -3.64. The summed E-state index contributed by atoms with van der Waals surface area (Å²) in [5.74, 6) is -0.913. The Balaban J connectivity index is 1.32. The predicted octanol–water partition coefficient (Wildman–Crippen LogP) is 3.54. The maximum Gasteiger partial charge on any atom is 0.246 e. The predicted molar refractivity (Wildman–Crippen MR) is 176 cm³/mol. The fourth-order valence-electron chi connectivity index (χ4n) is 5.97. The summed E-state index contributed by atoms with van der Waals surface area (Å²) < 4.78 is 0. The number of hydrogen-bond donors (Lipinski definition) is 3. The van der Waals surface area contributed by atoms with Crippen LogP contribution < -0.4 is 10.6 Å². The highest BCUT2D eigenvalue weighted by molar-refractivity contribution is 7.13. The molecular formula is C34H47N5O6S. The number of carbonyl (C=O) groups excluding carboxylic acids is 5. The Labute approximate surface area is 275 Å². The van der Waals surface area contributed by atoms with E-state index in [4.69, 9.17) is 0 Å². The summed E-state index contributed by atoms with van der Waals surface area (Å²) in [4.78, 5) is 72.7. The number of nitrogens with one attached hydrogen (secondary N) is 2. The van der Waals surface area contributed by atoms with E-state index in [0.717, 1.165) is 21.7 Å². The molecule has 2 fully saturated rings. The van der Waals surface area contributed by atoms with Crippen LogP contribution in [0, 0.1) is 12.3 Å². The number of hydrogen-bond acceptors (Lipinski definition) is 8. The van der Waals surface area contributed by atoms with Crippen LogP contribution in [0.4, 0.5) is 0 Å². The smallest absolute Gasteiger partial charge is 0.246 e. The van der Waals surface area contributed by atoms with Gasteiger partial charge in [-0.3, -0.25) is 24.0 Å². The van der Waals surface area contributed by atoms with Gasteiger partial charge in [-0.1, -0.05) is 45.0 Å². The minimum absolute atomic E-state index is 0.000851. The molecule has 1 aromatic heterocycles. The first kappa shape index (κ1) is 35.2. The zero-order valence-corrected chi connectivity index (χ0v) is 28.3. The summed E-state index contributed by atoms with van der Waals surface area (Å²) in [5, 5.41) is 16.4. The van der Waals surface area contributed by atoms with E-state index in [1.807, 2.05) is 64.4 Å². The van der Waals surface area contributed by atoms with Crippen molar-refractivity contribution < 1.29 is 29.1 Å². The molecule has 2 saturated heterocycles. The summed E-state index contributed by atoms with van der Waals surface area (Å²) in [6.45, 7) is 10.3. The van der Waals surface area contributed by atoms with Crippen LogP contribution in [0.25, 0.3) is 10.4 Å². The minimum atomic E-state index is -0.909. The van der Waals surface area contributed by atoms with Crippen LogP contribution in [-0.2, 0) is 24.0 Å². The third kappa shape index (κ3) is 9.00. The standard InChI is InChI=1S/C34H47N5O6S/c1-21(23-10-12-24(13-11-23)30-22(2)35-20-46-30)36-32(44)27-18-26(41)19-39(27)33(45)31(34(3,4)5)37-28(42)8-6-7-9-29(43)38-16-14-25(40)15-17-38/h10-13,20-21,26-27,31,41H,6-9,14-19H2,1-5H3,(H,36,44)(H,37,42)/t21-,26+,27-,31+/m0/s1. The van der Waals surface area contributed by atoms with Crippen LogP contribution >= 0.6 is 11.3 Å². The molecule has 0 saturated carbocycles. The Morgan fingerprint density at radius 3 is 2.30 bits per heavy atom. The van der Waals surface area contributed by atoms with E-state index in [1.54, 1.807) is 16.2 Å². The highest BCUT2D eigenvalue weighted by atomic mass is 32.1. The van der Waals surface area contributed by atoms with Gasteiger partial charge >= 0.3 is 0 Å². The van der Waals surface area contributed by atoms with Crippen molar-refractivity contribution in [2.75, 3.05) is 19.6 Å². The minimum Gasteiger partial charge on any atom is -0.391 e. The summed E-state index contributed by atoms with van der Waals surface area (Å²) in [6, 6.07) is 5.81. The highest BCUT2D eigenvalue weighted by Crippen LogP contribution is 2.29. The van der Waals surface area contributed by atoms with Crippen molar-refractivity contribution in [2.24, 2.45) is 5.41 Å². The second kappa shape index (κ2) is 15.3. The van der Waals surface area contributed by atoms with Crippen molar-refractivity contribution in [3.63, 3.8) is 0 Å². The van der Waals surface area contributed by atoms with E-state index in [1.165, 1.54) is 4.90 Å². The van der Waals surface area contributed by atoms with Crippen molar-refractivity contribution >= 4 is 40.7 Å². The molecule has 0 radical (unpaired) electrons. The number of Topliss-reactive ketones (excluding diaryl/α,β-unsaturated/α-hetero) is 1. The van der Waals surface area contributed by atoms with Crippen LogP contribution in [0.5, 0.6) is 0 Å². The lowest BCUT2D eigenvalue weighted by molar-refractivity contribution is -0.144. The number of likely N-dealkylation sites (tertiary alicyclic amines) is 2. The number of ketones is 1. The molecule has 3 N–H and O–H groups in total. The summed E-state index contributed by atoms with van der Waals surface area (Å²) >= 11 is 1.57. The van der Waals surface area contributed by atoms with Gasteiger partial charge in [-0.05, 0) is 43.2 Å². The number of thiazole rings is 1. The van der Waals surface area contributed by atoms with Gasteiger partial charge in [0.05, 0.1) is 28.2 Å². The van der Waals surface area contributed by atoms with Gasteiger partial charge in [0.25, 0.3) is 0 Å². The normalized spacial score (nSPS) is 19.9. The topological polar surface area (TPSA) is 149 Å². The molecule has 12 heteroatoms. The molecule has 0 unspecified atom stereocenters. The van der Waals surface area contributed by atoms with Crippen LogP contribution in [0.2, 0.25) is 0 Å². The fourth-order valence-corrected chi connectivity index (χ4v) is 6.79. The Kier molecular flexibility index (Phi) is 11.7. The van der Waals surface area contributed by atoms with Gasteiger partial charge in [0.2, 0.25) is 23.6 Å². The lowest BCUT2D eigenvalue weighted by atomic mass is 9.85. The molecule has 2 aromatic rings. The van der Waals surface area contributed by atoms with Crippen molar-refractivity contribution in [1.29, 1.82) is 0 Å². The van der Waals surface area contributed by atoms with E-state index in [0.29, 0.717) is 45.2 Å². The number of amides is 4. The number of benzene rings is 1. The number of unbranched alkanes of at least 4 members (excludes halogenated alkanes) is 1. The first-order valence-corrected chi connectivity index (χ1v) is 17.0. The van der Waals surface area contributed by atoms with E-state index in [2.05, 4.69) is 15.6 Å². The van der Waals surface area contributed by atoms with E-state index in [-0.39, 0.29) is 48.9 Å². The summed E-state index contributed by atoms with van der Waals surface area (Å²) in [5.41, 5.74) is 4.08. The number of aryl methyl sites for hydroxylation is 1. The molecule has 46 heavy (non-hydrogen) atoms. The molecule has 1 aromatic carbocycles. The third-order valence-corrected chi connectivity index (χ3v) is 9.76. The number of piperidine rings is 1. The van der Waals surface area contributed by atoms with Gasteiger partial charge < -0.3 is 25.5 Å². The molecule has 4 rings (SSSR count). The first-order valence-electron chi connectivity index (χ1n) is 16.1. The molecule has 11 nitrogen and oxygen atoms in total. The van der Waals surface area contributed by atoms with Crippen LogP contribution in [0.3, 0.4) is 0 Å². The fraction of sp³-hybridized carbons (Fsp3) is 0.588. The van der Waals surface area contributed by atoms with Gasteiger partial charge in [-0.2, -0.15) is 0 Å². The maximum atomic E-state index is 13.9. The molecule has 0 aliphatic carbocycles. The van der Waals surface area contributed by atoms with Crippen molar-refractivity contribution in [1.82, 2.24) is 25.4 Å². The number of carbonyl (C=O) groups is 5. The van der Waals surface area contributed by atoms with Crippen LogP contribution in [0.1, 0.15) is 89.9 Å². The Morgan fingerprint density at radius 1 is 1.04 bits per heavy atom. The molecule has 250 valence electrons. The summed E-state index contributed by atoms with van der Waals surface area (Å²) in [6.07, 6.45) is 1.50.